The van der Waals surface area contributed by atoms with Gasteiger partial charge >= 0.3 is 12.0 Å². The number of hydrogen-bond donors (Lipinski definition) is 2. The molecule has 2 atom stereocenters. The van der Waals surface area contributed by atoms with Crippen LogP contribution < -0.4 is 5.32 Å². The number of carbonyl (C=O) groups excluding carboxylic acids is 1. The van der Waals surface area contributed by atoms with Crippen LogP contribution >= 0.6 is 0 Å². The minimum atomic E-state index is -1.07. The van der Waals surface area contributed by atoms with E-state index in [0.717, 1.165) is 32.5 Å². The lowest BCUT2D eigenvalue weighted by Crippen LogP contribution is -2.56. The van der Waals surface area contributed by atoms with Crippen molar-refractivity contribution in [3.05, 3.63) is 0 Å². The third-order valence-electron chi connectivity index (χ3n) is 4.67. The molecule has 2 fully saturated rings. The van der Waals surface area contributed by atoms with Crippen LogP contribution in [0.15, 0.2) is 0 Å². The number of carboxylic acid groups (broad SMARTS) is 1. The summed E-state index contributed by atoms with van der Waals surface area (Å²) in [6, 6.07) is -0.212. The highest BCUT2D eigenvalue weighted by molar-refractivity contribution is 5.86. The van der Waals surface area contributed by atoms with Crippen LogP contribution in [0.3, 0.4) is 0 Å². The Morgan fingerprint density at radius 2 is 2.05 bits per heavy atom. The minimum absolute atomic E-state index is 0.0463. The first-order valence-electron chi connectivity index (χ1n) is 7.34. The number of urea groups is 1. The van der Waals surface area contributed by atoms with E-state index in [1.165, 1.54) is 4.90 Å². The van der Waals surface area contributed by atoms with Crippen molar-refractivity contribution in [2.75, 3.05) is 19.8 Å². The Balaban J connectivity index is 1.95. The van der Waals surface area contributed by atoms with Crippen molar-refractivity contribution in [2.45, 2.75) is 51.1 Å². The molecule has 2 saturated heterocycles. The van der Waals surface area contributed by atoms with Crippen LogP contribution in [0.5, 0.6) is 0 Å². The third kappa shape index (κ3) is 2.90. The lowest BCUT2D eigenvalue weighted by atomic mass is 9.93. The summed E-state index contributed by atoms with van der Waals surface area (Å²) < 4.78 is 5.32. The predicted octanol–water partition coefficient (Wildman–Crippen LogP) is 1.45. The summed E-state index contributed by atoms with van der Waals surface area (Å²) in [5, 5.41) is 12.3. The second kappa shape index (κ2) is 5.99. The lowest BCUT2D eigenvalue weighted by molar-refractivity contribution is -0.147. The molecule has 2 aliphatic rings. The Morgan fingerprint density at radius 3 is 2.65 bits per heavy atom. The molecule has 0 aromatic rings. The largest absolute Gasteiger partial charge is 0.480 e. The van der Waals surface area contributed by atoms with Gasteiger partial charge in [0.2, 0.25) is 0 Å². The smallest absolute Gasteiger partial charge is 0.329 e. The van der Waals surface area contributed by atoms with Gasteiger partial charge in [0.25, 0.3) is 0 Å². The van der Waals surface area contributed by atoms with Crippen molar-refractivity contribution >= 4 is 12.0 Å². The summed E-state index contributed by atoms with van der Waals surface area (Å²) in [7, 11) is 0. The maximum Gasteiger partial charge on any atom is 0.329 e. The van der Waals surface area contributed by atoms with Gasteiger partial charge in [-0.05, 0) is 45.4 Å². The summed E-state index contributed by atoms with van der Waals surface area (Å²) >= 11 is 0. The van der Waals surface area contributed by atoms with Crippen LogP contribution in [0, 0.1) is 5.92 Å². The molecule has 2 unspecified atom stereocenters. The number of aliphatic carboxylic acids is 1. The Hall–Kier alpha value is -1.30. The molecular formula is C14H24N2O4. The molecular weight excluding hydrogens is 260 g/mol. The van der Waals surface area contributed by atoms with Gasteiger partial charge in [-0.2, -0.15) is 0 Å². The van der Waals surface area contributed by atoms with E-state index in [4.69, 9.17) is 4.74 Å². The Kier molecular flexibility index (Phi) is 4.52. The number of hydrogen-bond acceptors (Lipinski definition) is 3. The fraction of sp³-hybridized carbons (Fsp3) is 0.857. The molecule has 0 bridgehead atoms. The number of nitrogens with one attached hydrogen (secondary N) is 1. The zero-order chi connectivity index (χ0) is 14.8. The number of ether oxygens (including phenoxy) is 1. The van der Waals surface area contributed by atoms with Crippen molar-refractivity contribution in [3.63, 3.8) is 0 Å². The molecule has 0 spiro atoms. The van der Waals surface area contributed by atoms with Crippen molar-refractivity contribution in [2.24, 2.45) is 5.92 Å². The molecule has 0 aromatic heterocycles. The highest BCUT2D eigenvalue weighted by Crippen LogP contribution is 2.29. The van der Waals surface area contributed by atoms with Gasteiger partial charge < -0.3 is 20.1 Å². The normalized spacial score (nSPS) is 29.2. The monoisotopic (exact) mass is 284 g/mol. The molecule has 0 saturated carbocycles. The van der Waals surface area contributed by atoms with Gasteiger partial charge in [-0.3, -0.25) is 0 Å². The van der Waals surface area contributed by atoms with Crippen LogP contribution in [-0.4, -0.2) is 53.3 Å². The van der Waals surface area contributed by atoms with Crippen molar-refractivity contribution in [1.29, 1.82) is 0 Å². The number of carboxylic acids is 1. The Morgan fingerprint density at radius 1 is 1.40 bits per heavy atom. The Labute approximate surface area is 119 Å². The van der Waals surface area contributed by atoms with Crippen molar-refractivity contribution in [3.8, 4) is 0 Å². The van der Waals surface area contributed by atoms with E-state index < -0.39 is 11.5 Å². The fourth-order valence-corrected chi connectivity index (χ4v) is 3.12. The standard InChI is InChI=1S/C14H24N2O4/c1-10(11-4-8-20-9-5-11)15-13(19)16-7-3-6-14(16,2)12(17)18/h10-11H,3-9H2,1-2H3,(H,15,19)(H,17,18). The summed E-state index contributed by atoms with van der Waals surface area (Å²) in [5.74, 6) is -0.518. The van der Waals surface area contributed by atoms with Crippen LogP contribution in [-0.2, 0) is 9.53 Å². The number of nitrogens with zero attached hydrogens (tertiary/aromatic N) is 1. The van der Waals surface area contributed by atoms with Crippen LogP contribution in [0.2, 0.25) is 0 Å². The number of rotatable bonds is 3. The molecule has 6 heteroatoms. The summed E-state index contributed by atoms with van der Waals surface area (Å²) in [6.45, 7) is 5.60. The molecule has 2 amide bonds. The number of amides is 2. The molecule has 20 heavy (non-hydrogen) atoms. The Bertz CT molecular complexity index is 381. The first-order valence-corrected chi connectivity index (χ1v) is 7.34. The van der Waals surface area contributed by atoms with Crippen LogP contribution in [0.25, 0.3) is 0 Å². The average molecular weight is 284 g/mol. The molecule has 2 heterocycles. The molecule has 2 N–H and O–H groups in total. The maximum atomic E-state index is 12.3. The number of carbonyl (C=O) groups is 2. The number of likely N-dealkylation sites (tertiary alicyclic amines) is 1. The minimum Gasteiger partial charge on any atom is -0.480 e. The quantitative estimate of drug-likeness (QED) is 0.822. The molecule has 2 aliphatic heterocycles. The summed E-state index contributed by atoms with van der Waals surface area (Å²) in [4.78, 5) is 25.2. The SMILES string of the molecule is CC(NC(=O)N1CCCC1(C)C(=O)O)C1CCOCC1. The second-order valence-electron chi connectivity index (χ2n) is 6.02. The summed E-state index contributed by atoms with van der Waals surface area (Å²) in [5.41, 5.74) is -1.07. The van der Waals surface area contributed by atoms with Gasteiger partial charge in [0.1, 0.15) is 5.54 Å². The van der Waals surface area contributed by atoms with Gasteiger partial charge in [-0.25, -0.2) is 9.59 Å². The lowest BCUT2D eigenvalue weighted by Gasteiger charge is -2.34. The van der Waals surface area contributed by atoms with Gasteiger partial charge in [-0.15, -0.1) is 0 Å². The van der Waals surface area contributed by atoms with E-state index in [-0.39, 0.29) is 12.1 Å². The molecule has 0 aromatic carbocycles. The topological polar surface area (TPSA) is 78.9 Å². The molecule has 6 nitrogen and oxygen atoms in total. The van der Waals surface area contributed by atoms with Gasteiger partial charge in [0.05, 0.1) is 0 Å². The first kappa shape index (κ1) is 15.1. The first-order chi connectivity index (χ1) is 9.45. The van der Waals surface area contributed by atoms with E-state index in [1.807, 2.05) is 6.92 Å². The molecule has 2 rings (SSSR count). The summed E-state index contributed by atoms with van der Waals surface area (Å²) in [6.07, 6.45) is 3.14. The predicted molar refractivity (Wildman–Crippen MR) is 73.5 cm³/mol. The maximum absolute atomic E-state index is 12.3. The van der Waals surface area contributed by atoms with E-state index in [2.05, 4.69) is 5.32 Å². The molecule has 0 radical (unpaired) electrons. The van der Waals surface area contributed by atoms with Crippen LogP contribution in [0.1, 0.15) is 39.5 Å². The van der Waals surface area contributed by atoms with Crippen LogP contribution in [0.4, 0.5) is 4.79 Å². The third-order valence-corrected chi connectivity index (χ3v) is 4.67. The van der Waals surface area contributed by atoms with E-state index >= 15 is 0 Å². The van der Waals surface area contributed by atoms with E-state index in [9.17, 15) is 14.7 Å². The average Bonchev–Trinajstić information content (AvgIpc) is 2.83. The molecule has 114 valence electrons. The van der Waals surface area contributed by atoms with E-state index in [0.29, 0.717) is 18.9 Å². The van der Waals surface area contributed by atoms with Gasteiger partial charge in [-0.1, -0.05) is 0 Å². The van der Waals surface area contributed by atoms with Crippen molar-refractivity contribution in [1.82, 2.24) is 10.2 Å². The van der Waals surface area contributed by atoms with Gasteiger partial charge in [0.15, 0.2) is 0 Å². The van der Waals surface area contributed by atoms with Gasteiger partial charge in [0, 0.05) is 25.8 Å². The zero-order valence-corrected chi connectivity index (χ0v) is 12.2. The molecule has 0 aliphatic carbocycles. The fourth-order valence-electron chi connectivity index (χ4n) is 3.12. The second-order valence-corrected chi connectivity index (χ2v) is 6.02. The highest BCUT2D eigenvalue weighted by atomic mass is 16.5. The van der Waals surface area contributed by atoms with E-state index in [1.54, 1.807) is 6.92 Å². The highest BCUT2D eigenvalue weighted by Gasteiger charge is 2.46. The van der Waals surface area contributed by atoms with Crippen molar-refractivity contribution < 1.29 is 19.4 Å². The zero-order valence-electron chi connectivity index (χ0n) is 12.2.